The summed E-state index contributed by atoms with van der Waals surface area (Å²) >= 11 is 0. The summed E-state index contributed by atoms with van der Waals surface area (Å²) < 4.78 is 4.84. The lowest BCUT2D eigenvalue weighted by atomic mass is 10.1. The second kappa shape index (κ2) is 5.98. The average Bonchev–Trinajstić information content (AvgIpc) is 2.87. The van der Waals surface area contributed by atoms with E-state index in [0.717, 1.165) is 31.5 Å². The zero-order chi connectivity index (χ0) is 13.0. The molecule has 4 nitrogen and oxygen atoms in total. The summed E-state index contributed by atoms with van der Waals surface area (Å²) in [5, 5.41) is 0. The van der Waals surface area contributed by atoms with E-state index in [1.807, 2.05) is 12.1 Å². The molecule has 2 rings (SSSR count). The Bertz CT molecular complexity index is 403. The van der Waals surface area contributed by atoms with Gasteiger partial charge in [-0.05, 0) is 30.5 Å². The van der Waals surface area contributed by atoms with Crippen molar-refractivity contribution in [2.75, 3.05) is 13.7 Å². The average molecular weight is 248 g/mol. The largest absolute Gasteiger partial charge is 0.468 e. The van der Waals surface area contributed by atoms with E-state index in [0.29, 0.717) is 6.54 Å². The number of carbonyl (C=O) groups is 1. The van der Waals surface area contributed by atoms with Gasteiger partial charge in [-0.15, -0.1) is 0 Å². The maximum atomic E-state index is 11.6. The van der Waals surface area contributed by atoms with Crippen molar-refractivity contribution in [1.29, 1.82) is 0 Å². The molecule has 1 aromatic rings. The molecule has 0 spiro atoms. The van der Waals surface area contributed by atoms with Crippen LogP contribution in [0.25, 0.3) is 0 Å². The maximum absolute atomic E-state index is 11.6. The number of benzene rings is 1. The predicted octanol–water partition coefficient (Wildman–Crippen LogP) is 1.28. The summed E-state index contributed by atoms with van der Waals surface area (Å²) in [6.07, 6.45) is 1.95. The molecule has 0 bridgehead atoms. The molecule has 1 aliphatic heterocycles. The minimum Gasteiger partial charge on any atom is -0.468 e. The van der Waals surface area contributed by atoms with Gasteiger partial charge in [-0.1, -0.05) is 24.3 Å². The molecule has 1 fully saturated rings. The van der Waals surface area contributed by atoms with E-state index in [9.17, 15) is 4.79 Å². The summed E-state index contributed by atoms with van der Waals surface area (Å²) in [4.78, 5) is 13.8. The summed E-state index contributed by atoms with van der Waals surface area (Å²) in [6.45, 7) is 2.32. The van der Waals surface area contributed by atoms with Crippen LogP contribution >= 0.6 is 0 Å². The Hall–Kier alpha value is -1.39. The van der Waals surface area contributed by atoms with Crippen molar-refractivity contribution in [3.63, 3.8) is 0 Å². The molecule has 1 saturated heterocycles. The van der Waals surface area contributed by atoms with Gasteiger partial charge in [-0.3, -0.25) is 9.69 Å². The highest BCUT2D eigenvalue weighted by molar-refractivity contribution is 5.75. The molecule has 1 atom stereocenters. The Kier molecular flexibility index (Phi) is 4.33. The first-order chi connectivity index (χ1) is 8.74. The molecule has 1 heterocycles. The van der Waals surface area contributed by atoms with Crippen LogP contribution in [-0.2, 0) is 22.6 Å². The standard InChI is InChI=1S/C14H20N2O2/c1-18-14(17)13-3-2-8-16(13)10-12-6-4-11(9-15)5-7-12/h4-7,13H,2-3,8-10,15H2,1H3. The summed E-state index contributed by atoms with van der Waals surface area (Å²) in [5.41, 5.74) is 7.91. The Balaban J connectivity index is 2.01. The molecule has 18 heavy (non-hydrogen) atoms. The van der Waals surface area contributed by atoms with Gasteiger partial charge in [0, 0.05) is 13.1 Å². The van der Waals surface area contributed by atoms with Crippen molar-refractivity contribution < 1.29 is 9.53 Å². The first kappa shape index (κ1) is 13.1. The molecule has 0 radical (unpaired) electrons. The van der Waals surface area contributed by atoms with Gasteiger partial charge in [0.2, 0.25) is 0 Å². The number of ether oxygens (including phenoxy) is 1. The van der Waals surface area contributed by atoms with Crippen molar-refractivity contribution in [1.82, 2.24) is 4.90 Å². The highest BCUT2D eigenvalue weighted by Gasteiger charge is 2.31. The van der Waals surface area contributed by atoms with E-state index in [1.54, 1.807) is 0 Å². The molecule has 0 aromatic heterocycles. The molecular weight excluding hydrogens is 228 g/mol. The number of esters is 1. The van der Waals surface area contributed by atoms with Crippen molar-refractivity contribution in [3.05, 3.63) is 35.4 Å². The third kappa shape index (κ3) is 2.89. The molecule has 0 aliphatic carbocycles. The van der Waals surface area contributed by atoms with E-state index < -0.39 is 0 Å². The molecule has 4 heteroatoms. The fourth-order valence-corrected chi connectivity index (χ4v) is 2.43. The highest BCUT2D eigenvalue weighted by Crippen LogP contribution is 2.21. The molecule has 1 aromatic carbocycles. The monoisotopic (exact) mass is 248 g/mol. The second-order valence-corrected chi connectivity index (χ2v) is 4.67. The zero-order valence-corrected chi connectivity index (χ0v) is 10.8. The number of nitrogens with zero attached hydrogens (tertiary/aromatic N) is 1. The van der Waals surface area contributed by atoms with Crippen LogP contribution in [-0.4, -0.2) is 30.6 Å². The number of likely N-dealkylation sites (tertiary alicyclic amines) is 1. The summed E-state index contributed by atoms with van der Waals surface area (Å²) in [5.74, 6) is -0.119. The van der Waals surface area contributed by atoms with Crippen molar-refractivity contribution in [2.45, 2.75) is 32.0 Å². The number of rotatable bonds is 4. The smallest absolute Gasteiger partial charge is 0.323 e. The Morgan fingerprint density at radius 3 is 2.67 bits per heavy atom. The second-order valence-electron chi connectivity index (χ2n) is 4.67. The first-order valence-electron chi connectivity index (χ1n) is 6.34. The third-order valence-corrected chi connectivity index (χ3v) is 3.48. The van der Waals surface area contributed by atoms with E-state index in [-0.39, 0.29) is 12.0 Å². The normalized spacial score (nSPS) is 20.0. The van der Waals surface area contributed by atoms with Crippen LogP contribution in [0.5, 0.6) is 0 Å². The molecular formula is C14H20N2O2. The van der Waals surface area contributed by atoms with Gasteiger partial charge in [0.25, 0.3) is 0 Å². The van der Waals surface area contributed by atoms with E-state index in [1.165, 1.54) is 12.7 Å². The van der Waals surface area contributed by atoms with Gasteiger partial charge in [0.05, 0.1) is 7.11 Å². The SMILES string of the molecule is COC(=O)C1CCCN1Cc1ccc(CN)cc1. The summed E-state index contributed by atoms with van der Waals surface area (Å²) in [7, 11) is 1.45. The van der Waals surface area contributed by atoms with Crippen LogP contribution < -0.4 is 5.73 Å². The van der Waals surface area contributed by atoms with Crippen LogP contribution in [0.4, 0.5) is 0 Å². The van der Waals surface area contributed by atoms with Crippen molar-refractivity contribution in [2.24, 2.45) is 5.73 Å². The van der Waals surface area contributed by atoms with E-state index in [2.05, 4.69) is 17.0 Å². The Morgan fingerprint density at radius 1 is 1.39 bits per heavy atom. The van der Waals surface area contributed by atoms with Crippen molar-refractivity contribution in [3.8, 4) is 0 Å². The lowest BCUT2D eigenvalue weighted by Gasteiger charge is -2.22. The van der Waals surface area contributed by atoms with Gasteiger partial charge >= 0.3 is 5.97 Å². The molecule has 98 valence electrons. The van der Waals surface area contributed by atoms with E-state index in [4.69, 9.17) is 10.5 Å². The fourth-order valence-electron chi connectivity index (χ4n) is 2.43. The zero-order valence-electron chi connectivity index (χ0n) is 10.8. The molecule has 1 aliphatic rings. The van der Waals surface area contributed by atoms with Gasteiger partial charge in [0.15, 0.2) is 0 Å². The summed E-state index contributed by atoms with van der Waals surface area (Å²) in [6, 6.07) is 8.16. The number of methoxy groups -OCH3 is 1. The predicted molar refractivity (Wildman–Crippen MR) is 69.8 cm³/mol. The number of nitrogens with two attached hydrogens (primary N) is 1. The minimum absolute atomic E-state index is 0.0795. The number of carbonyl (C=O) groups excluding carboxylic acids is 1. The molecule has 1 unspecified atom stereocenters. The van der Waals surface area contributed by atoms with E-state index >= 15 is 0 Å². The number of hydrogen-bond donors (Lipinski definition) is 1. The molecule has 2 N–H and O–H groups in total. The van der Waals surface area contributed by atoms with Crippen LogP contribution in [0.1, 0.15) is 24.0 Å². The van der Waals surface area contributed by atoms with Gasteiger partial charge in [0.1, 0.15) is 6.04 Å². The molecule has 0 saturated carbocycles. The van der Waals surface area contributed by atoms with Crippen LogP contribution in [0.3, 0.4) is 0 Å². The van der Waals surface area contributed by atoms with Crippen LogP contribution in [0, 0.1) is 0 Å². The quantitative estimate of drug-likeness (QED) is 0.816. The minimum atomic E-state index is -0.119. The highest BCUT2D eigenvalue weighted by atomic mass is 16.5. The van der Waals surface area contributed by atoms with Crippen molar-refractivity contribution >= 4 is 5.97 Å². The lowest BCUT2D eigenvalue weighted by Crippen LogP contribution is -2.36. The Labute approximate surface area is 108 Å². The number of hydrogen-bond acceptors (Lipinski definition) is 4. The first-order valence-corrected chi connectivity index (χ1v) is 6.34. The van der Waals surface area contributed by atoms with Gasteiger partial charge < -0.3 is 10.5 Å². The fraction of sp³-hybridized carbons (Fsp3) is 0.500. The molecule has 0 amide bonds. The Morgan fingerprint density at radius 2 is 2.06 bits per heavy atom. The van der Waals surface area contributed by atoms with Crippen LogP contribution in [0.15, 0.2) is 24.3 Å². The maximum Gasteiger partial charge on any atom is 0.323 e. The van der Waals surface area contributed by atoms with Gasteiger partial charge in [-0.25, -0.2) is 0 Å². The van der Waals surface area contributed by atoms with Crippen LogP contribution in [0.2, 0.25) is 0 Å². The third-order valence-electron chi connectivity index (χ3n) is 3.48. The lowest BCUT2D eigenvalue weighted by molar-refractivity contribution is -0.146. The van der Waals surface area contributed by atoms with Gasteiger partial charge in [-0.2, -0.15) is 0 Å². The topological polar surface area (TPSA) is 55.6 Å².